The van der Waals surface area contributed by atoms with Crippen molar-refractivity contribution in [3.63, 3.8) is 0 Å². The SMILES string of the molecule is CC1(C)CNC(=O)C1NS(=O)(=O)CC1CCCCC1. The molecule has 0 spiro atoms. The summed E-state index contributed by atoms with van der Waals surface area (Å²) in [6.45, 7) is 4.32. The Balaban J connectivity index is 1.98. The smallest absolute Gasteiger partial charge is 0.238 e. The van der Waals surface area contributed by atoms with E-state index in [1.54, 1.807) is 0 Å². The van der Waals surface area contributed by atoms with Gasteiger partial charge < -0.3 is 5.32 Å². The van der Waals surface area contributed by atoms with E-state index in [-0.39, 0.29) is 23.0 Å². The number of hydrogen-bond donors (Lipinski definition) is 2. The van der Waals surface area contributed by atoms with Crippen molar-refractivity contribution in [2.75, 3.05) is 12.3 Å². The predicted molar refractivity (Wildman–Crippen MR) is 74.1 cm³/mol. The summed E-state index contributed by atoms with van der Waals surface area (Å²) in [7, 11) is -3.38. The van der Waals surface area contributed by atoms with Gasteiger partial charge in [-0.25, -0.2) is 13.1 Å². The lowest BCUT2D eigenvalue weighted by Crippen LogP contribution is -2.48. The molecule has 5 nitrogen and oxygen atoms in total. The number of rotatable bonds is 4. The van der Waals surface area contributed by atoms with Crippen molar-refractivity contribution in [1.29, 1.82) is 0 Å². The standard InChI is InChI=1S/C13H24N2O3S/c1-13(2)9-14-12(16)11(13)15-19(17,18)8-10-6-4-3-5-7-10/h10-11,15H,3-9H2,1-2H3,(H,14,16). The van der Waals surface area contributed by atoms with Crippen LogP contribution in [0, 0.1) is 11.3 Å². The zero-order valence-electron chi connectivity index (χ0n) is 11.7. The molecule has 1 heterocycles. The summed E-state index contributed by atoms with van der Waals surface area (Å²) in [4.78, 5) is 11.7. The molecule has 19 heavy (non-hydrogen) atoms. The molecule has 0 aromatic heterocycles. The van der Waals surface area contributed by atoms with E-state index in [0.29, 0.717) is 6.54 Å². The lowest BCUT2D eigenvalue weighted by Gasteiger charge is -2.26. The first-order valence-electron chi connectivity index (χ1n) is 7.08. The molecule has 0 bridgehead atoms. The molecule has 2 rings (SSSR count). The van der Waals surface area contributed by atoms with Crippen molar-refractivity contribution >= 4 is 15.9 Å². The summed E-state index contributed by atoms with van der Waals surface area (Å²) in [5.74, 6) is 0.198. The molecule has 1 aliphatic carbocycles. The Morgan fingerprint density at radius 3 is 2.42 bits per heavy atom. The second-order valence-corrected chi connectivity index (χ2v) is 8.34. The number of sulfonamides is 1. The Morgan fingerprint density at radius 2 is 1.89 bits per heavy atom. The van der Waals surface area contributed by atoms with E-state index in [1.165, 1.54) is 6.42 Å². The van der Waals surface area contributed by atoms with Crippen LogP contribution in [0.25, 0.3) is 0 Å². The molecule has 110 valence electrons. The Morgan fingerprint density at radius 1 is 1.26 bits per heavy atom. The molecule has 0 aromatic carbocycles. The third-order valence-corrected chi connectivity index (χ3v) is 5.74. The van der Waals surface area contributed by atoms with Gasteiger partial charge in [0.1, 0.15) is 6.04 Å². The Kier molecular flexibility index (Phi) is 4.20. The first kappa shape index (κ1) is 14.8. The van der Waals surface area contributed by atoms with Gasteiger partial charge in [-0.05, 0) is 18.8 Å². The molecule has 1 aliphatic heterocycles. The van der Waals surface area contributed by atoms with Crippen molar-refractivity contribution in [3.05, 3.63) is 0 Å². The summed E-state index contributed by atoms with van der Waals surface area (Å²) in [6, 6.07) is -0.638. The fraction of sp³-hybridized carbons (Fsp3) is 0.923. The zero-order valence-corrected chi connectivity index (χ0v) is 12.6. The van der Waals surface area contributed by atoms with Gasteiger partial charge in [-0.2, -0.15) is 0 Å². The highest BCUT2D eigenvalue weighted by Crippen LogP contribution is 2.27. The van der Waals surface area contributed by atoms with Crippen LogP contribution < -0.4 is 10.0 Å². The van der Waals surface area contributed by atoms with Crippen LogP contribution in [0.4, 0.5) is 0 Å². The molecule has 2 fully saturated rings. The predicted octanol–water partition coefficient (Wildman–Crippen LogP) is 1.01. The second kappa shape index (κ2) is 5.40. The Labute approximate surface area is 115 Å². The Hall–Kier alpha value is -0.620. The van der Waals surface area contributed by atoms with Crippen molar-refractivity contribution in [2.45, 2.75) is 52.0 Å². The first-order valence-corrected chi connectivity index (χ1v) is 8.73. The van der Waals surface area contributed by atoms with Gasteiger partial charge in [0.2, 0.25) is 15.9 Å². The quantitative estimate of drug-likeness (QED) is 0.810. The minimum atomic E-state index is -3.38. The van der Waals surface area contributed by atoms with Gasteiger partial charge in [-0.1, -0.05) is 33.1 Å². The molecule has 0 radical (unpaired) electrons. The van der Waals surface area contributed by atoms with Crippen molar-refractivity contribution < 1.29 is 13.2 Å². The highest BCUT2D eigenvalue weighted by Gasteiger charge is 2.43. The van der Waals surface area contributed by atoms with Crippen LogP contribution in [-0.4, -0.2) is 32.7 Å². The van der Waals surface area contributed by atoms with Gasteiger partial charge in [-0.3, -0.25) is 4.79 Å². The summed E-state index contributed by atoms with van der Waals surface area (Å²) >= 11 is 0. The van der Waals surface area contributed by atoms with Gasteiger partial charge in [0.05, 0.1) is 5.75 Å². The number of carbonyl (C=O) groups is 1. The molecule has 6 heteroatoms. The van der Waals surface area contributed by atoms with E-state index in [2.05, 4.69) is 10.0 Å². The third kappa shape index (κ3) is 3.69. The lowest BCUT2D eigenvalue weighted by atomic mass is 9.88. The number of carbonyl (C=O) groups excluding carboxylic acids is 1. The highest BCUT2D eigenvalue weighted by atomic mass is 32.2. The highest BCUT2D eigenvalue weighted by molar-refractivity contribution is 7.89. The van der Waals surface area contributed by atoms with Crippen LogP contribution in [0.2, 0.25) is 0 Å². The maximum absolute atomic E-state index is 12.2. The molecule has 1 amide bonds. The molecule has 1 unspecified atom stereocenters. The van der Waals surface area contributed by atoms with E-state index in [0.717, 1.165) is 25.7 Å². The molecule has 2 N–H and O–H groups in total. The molecule has 1 atom stereocenters. The maximum atomic E-state index is 12.2. The second-order valence-electron chi connectivity index (χ2n) is 6.54. The van der Waals surface area contributed by atoms with Gasteiger partial charge >= 0.3 is 0 Å². The van der Waals surface area contributed by atoms with E-state index in [9.17, 15) is 13.2 Å². The monoisotopic (exact) mass is 288 g/mol. The average Bonchev–Trinajstić information content (AvgIpc) is 2.56. The average molecular weight is 288 g/mol. The molecular weight excluding hydrogens is 264 g/mol. The van der Waals surface area contributed by atoms with E-state index in [4.69, 9.17) is 0 Å². The fourth-order valence-corrected chi connectivity index (χ4v) is 4.81. The van der Waals surface area contributed by atoms with Gasteiger partial charge in [0.25, 0.3) is 0 Å². The van der Waals surface area contributed by atoms with Crippen LogP contribution in [0.1, 0.15) is 46.0 Å². The van der Waals surface area contributed by atoms with Crippen LogP contribution in [0.5, 0.6) is 0 Å². The lowest BCUT2D eigenvalue weighted by molar-refractivity contribution is -0.121. The van der Waals surface area contributed by atoms with Crippen molar-refractivity contribution in [3.8, 4) is 0 Å². The van der Waals surface area contributed by atoms with Crippen molar-refractivity contribution in [2.24, 2.45) is 11.3 Å². The number of hydrogen-bond acceptors (Lipinski definition) is 3. The summed E-state index contributed by atoms with van der Waals surface area (Å²) < 4.78 is 27.0. The minimum absolute atomic E-state index is 0.160. The molecule has 2 aliphatic rings. The number of amides is 1. The van der Waals surface area contributed by atoms with E-state index in [1.807, 2.05) is 13.8 Å². The topological polar surface area (TPSA) is 75.3 Å². The summed E-state index contributed by atoms with van der Waals surface area (Å²) in [5, 5.41) is 2.72. The van der Waals surface area contributed by atoms with Crippen molar-refractivity contribution in [1.82, 2.24) is 10.0 Å². The van der Waals surface area contributed by atoms with Crippen LogP contribution in [0.3, 0.4) is 0 Å². The fourth-order valence-electron chi connectivity index (χ4n) is 2.98. The van der Waals surface area contributed by atoms with Gasteiger partial charge in [-0.15, -0.1) is 0 Å². The van der Waals surface area contributed by atoms with Crippen LogP contribution in [0.15, 0.2) is 0 Å². The van der Waals surface area contributed by atoms with E-state index < -0.39 is 16.1 Å². The zero-order chi connectivity index (χ0) is 14.1. The third-order valence-electron chi connectivity index (χ3n) is 4.24. The van der Waals surface area contributed by atoms with E-state index >= 15 is 0 Å². The summed E-state index contributed by atoms with van der Waals surface area (Å²) in [5.41, 5.74) is -0.364. The molecule has 0 aromatic rings. The normalized spacial score (nSPS) is 28.3. The maximum Gasteiger partial charge on any atom is 0.238 e. The van der Waals surface area contributed by atoms with Crippen LogP contribution >= 0.6 is 0 Å². The largest absolute Gasteiger partial charge is 0.354 e. The Bertz CT molecular complexity index is 439. The number of nitrogens with one attached hydrogen (secondary N) is 2. The molecular formula is C13H24N2O3S. The first-order chi connectivity index (χ1) is 8.80. The molecule has 1 saturated carbocycles. The van der Waals surface area contributed by atoms with Crippen LogP contribution in [-0.2, 0) is 14.8 Å². The molecule has 1 saturated heterocycles. The minimum Gasteiger partial charge on any atom is -0.354 e. The van der Waals surface area contributed by atoms with Gasteiger partial charge in [0, 0.05) is 12.0 Å². The van der Waals surface area contributed by atoms with Gasteiger partial charge in [0.15, 0.2) is 0 Å². The summed E-state index contributed by atoms with van der Waals surface area (Å²) in [6.07, 6.45) is 5.43.